The van der Waals surface area contributed by atoms with E-state index in [-0.39, 0.29) is 25.6 Å². The highest BCUT2D eigenvalue weighted by Gasteiger charge is 2.33. The summed E-state index contributed by atoms with van der Waals surface area (Å²) >= 11 is 0. The van der Waals surface area contributed by atoms with Crippen molar-refractivity contribution in [1.82, 2.24) is 0 Å². The van der Waals surface area contributed by atoms with Crippen LogP contribution >= 0.6 is 0 Å². The van der Waals surface area contributed by atoms with Crippen LogP contribution < -0.4 is 0 Å². The lowest BCUT2D eigenvalue weighted by molar-refractivity contribution is -0.144. The zero-order chi connectivity index (χ0) is 11.3. The predicted octanol–water partition coefficient (Wildman–Crippen LogP) is 2.22. The SMILES string of the molecule is C.C1CC2CCOC2O1.COC(=O)C(C)C. The Morgan fingerprint density at radius 2 is 1.75 bits per heavy atom. The van der Waals surface area contributed by atoms with Crippen molar-refractivity contribution in [2.45, 2.75) is 40.4 Å². The monoisotopic (exact) mass is 232 g/mol. The topological polar surface area (TPSA) is 44.8 Å². The van der Waals surface area contributed by atoms with E-state index in [1.165, 1.54) is 20.0 Å². The number of fused-ring (bicyclic) bond motifs is 1. The van der Waals surface area contributed by atoms with Gasteiger partial charge in [0.15, 0.2) is 6.29 Å². The second kappa shape index (κ2) is 7.63. The summed E-state index contributed by atoms with van der Waals surface area (Å²) in [7, 11) is 1.39. The Hall–Kier alpha value is -0.610. The molecule has 96 valence electrons. The largest absolute Gasteiger partial charge is 0.469 e. The van der Waals surface area contributed by atoms with E-state index in [0.717, 1.165) is 19.1 Å². The Balaban J connectivity index is 0.000000269. The fourth-order valence-electron chi connectivity index (χ4n) is 1.64. The average Bonchev–Trinajstić information content (AvgIpc) is 2.78. The lowest BCUT2D eigenvalue weighted by atomic mass is 10.1. The van der Waals surface area contributed by atoms with Gasteiger partial charge in [0.2, 0.25) is 0 Å². The molecule has 16 heavy (non-hydrogen) atoms. The third-order valence-electron chi connectivity index (χ3n) is 2.60. The third kappa shape index (κ3) is 4.49. The molecule has 2 heterocycles. The Kier molecular flexibility index (Phi) is 7.34. The summed E-state index contributed by atoms with van der Waals surface area (Å²) < 4.78 is 14.9. The highest BCUT2D eigenvalue weighted by molar-refractivity contribution is 5.71. The van der Waals surface area contributed by atoms with Crippen LogP contribution in [-0.2, 0) is 19.0 Å². The van der Waals surface area contributed by atoms with E-state index in [1.54, 1.807) is 13.8 Å². The number of carbonyl (C=O) groups is 1. The van der Waals surface area contributed by atoms with Crippen LogP contribution in [0.25, 0.3) is 0 Å². The lowest BCUT2D eigenvalue weighted by Gasteiger charge is -2.03. The first-order chi connectivity index (χ1) is 7.15. The van der Waals surface area contributed by atoms with Crippen LogP contribution in [0, 0.1) is 11.8 Å². The highest BCUT2D eigenvalue weighted by atomic mass is 16.7. The molecule has 2 aliphatic heterocycles. The number of ether oxygens (including phenoxy) is 3. The van der Waals surface area contributed by atoms with Gasteiger partial charge in [-0.3, -0.25) is 4.79 Å². The molecule has 0 aromatic heterocycles. The first-order valence-corrected chi connectivity index (χ1v) is 5.46. The van der Waals surface area contributed by atoms with Crippen molar-refractivity contribution < 1.29 is 19.0 Å². The molecule has 0 saturated carbocycles. The van der Waals surface area contributed by atoms with E-state index in [0.29, 0.717) is 0 Å². The molecule has 2 aliphatic rings. The highest BCUT2D eigenvalue weighted by Crippen LogP contribution is 2.30. The van der Waals surface area contributed by atoms with Crippen molar-refractivity contribution in [2.75, 3.05) is 20.3 Å². The Morgan fingerprint density at radius 3 is 2.00 bits per heavy atom. The second-order valence-electron chi connectivity index (χ2n) is 4.13. The summed E-state index contributed by atoms with van der Waals surface area (Å²) in [6, 6.07) is 0. The first-order valence-electron chi connectivity index (χ1n) is 5.46. The number of hydrogen-bond acceptors (Lipinski definition) is 4. The number of esters is 1. The fraction of sp³-hybridized carbons (Fsp3) is 0.917. The fourth-order valence-corrected chi connectivity index (χ4v) is 1.64. The van der Waals surface area contributed by atoms with Gasteiger partial charge >= 0.3 is 5.97 Å². The summed E-state index contributed by atoms with van der Waals surface area (Å²) in [6.45, 7) is 5.42. The van der Waals surface area contributed by atoms with Crippen molar-refractivity contribution >= 4 is 5.97 Å². The molecule has 2 rings (SSSR count). The van der Waals surface area contributed by atoms with Crippen LogP contribution in [0.5, 0.6) is 0 Å². The molecule has 0 unspecified atom stereocenters. The predicted molar refractivity (Wildman–Crippen MR) is 62.0 cm³/mol. The molecule has 0 amide bonds. The van der Waals surface area contributed by atoms with Gasteiger partial charge < -0.3 is 14.2 Å². The van der Waals surface area contributed by atoms with Crippen LogP contribution in [-0.4, -0.2) is 32.6 Å². The van der Waals surface area contributed by atoms with Crippen LogP contribution in [0.3, 0.4) is 0 Å². The van der Waals surface area contributed by atoms with E-state index in [1.807, 2.05) is 0 Å². The van der Waals surface area contributed by atoms with Gasteiger partial charge in [-0.2, -0.15) is 0 Å². The molecule has 0 aliphatic carbocycles. The number of rotatable bonds is 1. The van der Waals surface area contributed by atoms with Gasteiger partial charge in [0.1, 0.15) is 0 Å². The van der Waals surface area contributed by atoms with E-state index in [4.69, 9.17) is 9.47 Å². The van der Waals surface area contributed by atoms with Crippen LogP contribution in [0.15, 0.2) is 0 Å². The molecule has 4 heteroatoms. The van der Waals surface area contributed by atoms with Gasteiger partial charge in [-0.05, 0) is 12.8 Å². The maximum atomic E-state index is 10.3. The third-order valence-corrected chi connectivity index (χ3v) is 2.60. The zero-order valence-corrected chi connectivity index (χ0v) is 9.69. The van der Waals surface area contributed by atoms with Gasteiger partial charge in [0.05, 0.1) is 26.2 Å². The maximum absolute atomic E-state index is 10.3. The second-order valence-corrected chi connectivity index (χ2v) is 4.13. The minimum atomic E-state index is -0.153. The van der Waals surface area contributed by atoms with Gasteiger partial charge in [-0.15, -0.1) is 0 Å². The molecule has 0 bridgehead atoms. The average molecular weight is 232 g/mol. The molecule has 0 radical (unpaired) electrons. The maximum Gasteiger partial charge on any atom is 0.308 e. The molecular formula is C12H24O4. The van der Waals surface area contributed by atoms with E-state index < -0.39 is 0 Å². The van der Waals surface area contributed by atoms with Gasteiger partial charge in [-0.1, -0.05) is 21.3 Å². The summed E-state index contributed by atoms with van der Waals surface area (Å²) in [4.78, 5) is 10.3. The molecule has 0 atom stereocenters. The summed E-state index contributed by atoms with van der Waals surface area (Å²) in [5, 5.41) is 0. The van der Waals surface area contributed by atoms with E-state index in [2.05, 4.69) is 4.74 Å². The van der Waals surface area contributed by atoms with Gasteiger partial charge in [0, 0.05) is 5.92 Å². The quantitative estimate of drug-likeness (QED) is 0.650. The van der Waals surface area contributed by atoms with Crippen molar-refractivity contribution in [3.05, 3.63) is 0 Å². The number of methoxy groups -OCH3 is 1. The summed E-state index contributed by atoms with van der Waals surface area (Å²) in [5.41, 5.74) is 0. The van der Waals surface area contributed by atoms with Crippen molar-refractivity contribution in [3.8, 4) is 0 Å². The Morgan fingerprint density at radius 1 is 1.25 bits per heavy atom. The molecule has 2 saturated heterocycles. The summed E-state index contributed by atoms with van der Waals surface area (Å²) in [5.74, 6) is 0.583. The Bertz CT molecular complexity index is 183. The van der Waals surface area contributed by atoms with E-state index in [9.17, 15) is 4.79 Å². The van der Waals surface area contributed by atoms with Gasteiger partial charge in [0.25, 0.3) is 0 Å². The van der Waals surface area contributed by atoms with Crippen molar-refractivity contribution in [1.29, 1.82) is 0 Å². The molecular weight excluding hydrogens is 208 g/mol. The number of carbonyl (C=O) groups excluding carboxylic acids is 1. The first kappa shape index (κ1) is 15.4. The Labute approximate surface area is 98.3 Å². The van der Waals surface area contributed by atoms with Crippen molar-refractivity contribution in [3.63, 3.8) is 0 Å². The van der Waals surface area contributed by atoms with Crippen LogP contribution in [0.2, 0.25) is 0 Å². The van der Waals surface area contributed by atoms with Crippen LogP contribution in [0.4, 0.5) is 0 Å². The number of hydrogen-bond donors (Lipinski definition) is 0. The normalized spacial score (nSPS) is 26.5. The molecule has 4 nitrogen and oxygen atoms in total. The minimum absolute atomic E-state index is 0. The van der Waals surface area contributed by atoms with Crippen molar-refractivity contribution in [2.24, 2.45) is 11.8 Å². The molecule has 0 spiro atoms. The molecule has 0 aromatic carbocycles. The van der Waals surface area contributed by atoms with E-state index >= 15 is 0 Å². The van der Waals surface area contributed by atoms with Gasteiger partial charge in [-0.25, -0.2) is 0 Å². The lowest BCUT2D eigenvalue weighted by Crippen LogP contribution is -2.08. The zero-order valence-electron chi connectivity index (χ0n) is 9.69. The summed E-state index contributed by atoms with van der Waals surface area (Å²) in [6.07, 6.45) is 2.60. The molecule has 2 fully saturated rings. The smallest absolute Gasteiger partial charge is 0.308 e. The minimum Gasteiger partial charge on any atom is -0.469 e. The molecule has 0 aromatic rings. The van der Waals surface area contributed by atoms with Crippen LogP contribution in [0.1, 0.15) is 34.1 Å². The standard InChI is InChI=1S/C6H10O2.C5H10O2.CH4/c1-3-7-6-5(1)2-4-8-6;1-4(2)5(6)7-3;/h5-6H,1-4H2;4H,1-3H3;1H4. The molecule has 0 N–H and O–H groups in total.